The van der Waals surface area contributed by atoms with Crippen molar-refractivity contribution >= 4 is 22.6 Å². The minimum Gasteiger partial charge on any atom is -0.344 e. The smallest absolute Gasteiger partial charge is 0.142 e. The highest BCUT2D eigenvalue weighted by molar-refractivity contribution is 6.35. The number of hydrogen-bond donors (Lipinski definition) is 1. The molecule has 2 rings (SSSR count). The Balaban J connectivity index is 2.80. The standard InChI is InChI=1S/C9H10ClN3/c1-5(2)8-7-6(10)3-11-9(7)13-4-12-8/h3-5H,1-2H3,(H,11,12,13). The summed E-state index contributed by atoms with van der Waals surface area (Å²) in [6, 6.07) is 0. The molecule has 0 aliphatic heterocycles. The zero-order valence-electron chi connectivity index (χ0n) is 7.50. The van der Waals surface area contributed by atoms with Gasteiger partial charge in [0.15, 0.2) is 0 Å². The van der Waals surface area contributed by atoms with E-state index in [-0.39, 0.29) is 0 Å². The fourth-order valence-electron chi connectivity index (χ4n) is 1.39. The summed E-state index contributed by atoms with van der Waals surface area (Å²) in [4.78, 5) is 11.3. The molecule has 0 aliphatic rings. The number of aromatic amines is 1. The van der Waals surface area contributed by atoms with Crippen molar-refractivity contribution in [2.75, 3.05) is 0 Å². The molecule has 13 heavy (non-hydrogen) atoms. The van der Waals surface area contributed by atoms with E-state index >= 15 is 0 Å². The van der Waals surface area contributed by atoms with Crippen LogP contribution in [-0.4, -0.2) is 15.0 Å². The Hall–Kier alpha value is -1.09. The molecule has 4 heteroatoms. The van der Waals surface area contributed by atoms with E-state index < -0.39 is 0 Å². The lowest BCUT2D eigenvalue weighted by atomic mass is 10.1. The maximum Gasteiger partial charge on any atom is 0.142 e. The molecule has 0 aliphatic carbocycles. The number of H-pyrrole nitrogens is 1. The Morgan fingerprint density at radius 3 is 2.85 bits per heavy atom. The van der Waals surface area contributed by atoms with Gasteiger partial charge in [-0.15, -0.1) is 0 Å². The first-order valence-electron chi connectivity index (χ1n) is 4.17. The summed E-state index contributed by atoms with van der Waals surface area (Å²) in [6.45, 7) is 4.18. The van der Waals surface area contributed by atoms with Gasteiger partial charge in [-0.2, -0.15) is 0 Å². The summed E-state index contributed by atoms with van der Waals surface area (Å²) in [6.07, 6.45) is 3.30. The van der Waals surface area contributed by atoms with Gasteiger partial charge in [0.1, 0.15) is 12.0 Å². The SMILES string of the molecule is CC(C)c1ncnc2[nH]cc(Cl)c12. The molecule has 0 saturated heterocycles. The molecule has 0 unspecified atom stereocenters. The van der Waals surface area contributed by atoms with Gasteiger partial charge in [-0.1, -0.05) is 25.4 Å². The van der Waals surface area contributed by atoms with Gasteiger partial charge in [0.25, 0.3) is 0 Å². The van der Waals surface area contributed by atoms with Crippen LogP contribution in [0.5, 0.6) is 0 Å². The van der Waals surface area contributed by atoms with Gasteiger partial charge >= 0.3 is 0 Å². The lowest BCUT2D eigenvalue weighted by Gasteiger charge is -2.04. The fourth-order valence-corrected chi connectivity index (χ4v) is 1.63. The van der Waals surface area contributed by atoms with E-state index in [1.54, 1.807) is 12.5 Å². The predicted octanol–water partition coefficient (Wildman–Crippen LogP) is 2.73. The maximum atomic E-state index is 6.01. The minimum atomic E-state index is 0.360. The Morgan fingerprint density at radius 1 is 1.38 bits per heavy atom. The van der Waals surface area contributed by atoms with Crippen LogP contribution in [0.15, 0.2) is 12.5 Å². The van der Waals surface area contributed by atoms with Crippen molar-refractivity contribution in [2.24, 2.45) is 0 Å². The van der Waals surface area contributed by atoms with E-state index in [9.17, 15) is 0 Å². The molecule has 2 aromatic heterocycles. The molecule has 2 aromatic rings. The quantitative estimate of drug-likeness (QED) is 0.760. The third-order valence-corrected chi connectivity index (χ3v) is 2.30. The van der Waals surface area contributed by atoms with Crippen LogP contribution in [0, 0.1) is 0 Å². The average Bonchev–Trinajstić information content (AvgIpc) is 2.48. The Kier molecular flexibility index (Phi) is 1.96. The molecule has 0 amide bonds. The van der Waals surface area contributed by atoms with Crippen molar-refractivity contribution in [3.63, 3.8) is 0 Å². The first-order chi connectivity index (χ1) is 6.20. The van der Waals surface area contributed by atoms with Crippen LogP contribution in [0.4, 0.5) is 0 Å². The molecule has 0 saturated carbocycles. The number of halogens is 1. The second-order valence-electron chi connectivity index (χ2n) is 3.27. The molecular weight excluding hydrogens is 186 g/mol. The zero-order chi connectivity index (χ0) is 9.42. The van der Waals surface area contributed by atoms with E-state index in [0.29, 0.717) is 10.9 Å². The number of aromatic nitrogens is 3. The average molecular weight is 196 g/mol. The highest BCUT2D eigenvalue weighted by atomic mass is 35.5. The number of hydrogen-bond acceptors (Lipinski definition) is 2. The lowest BCUT2D eigenvalue weighted by Crippen LogP contribution is -1.94. The summed E-state index contributed by atoms with van der Waals surface area (Å²) in [5.74, 6) is 0.360. The number of rotatable bonds is 1. The molecule has 0 bridgehead atoms. The highest BCUT2D eigenvalue weighted by Crippen LogP contribution is 2.27. The van der Waals surface area contributed by atoms with Gasteiger partial charge in [0, 0.05) is 6.20 Å². The van der Waals surface area contributed by atoms with Crippen LogP contribution in [0.25, 0.3) is 11.0 Å². The highest BCUT2D eigenvalue weighted by Gasteiger charge is 2.11. The third-order valence-electron chi connectivity index (χ3n) is 2.00. The Bertz CT molecular complexity index is 433. The fraction of sp³-hybridized carbons (Fsp3) is 0.333. The van der Waals surface area contributed by atoms with E-state index in [2.05, 4.69) is 28.8 Å². The first-order valence-corrected chi connectivity index (χ1v) is 4.55. The van der Waals surface area contributed by atoms with Crippen LogP contribution in [0.3, 0.4) is 0 Å². The molecule has 0 radical (unpaired) electrons. The summed E-state index contributed by atoms with van der Waals surface area (Å²) < 4.78 is 0. The van der Waals surface area contributed by atoms with Gasteiger partial charge in [0.05, 0.1) is 16.1 Å². The van der Waals surface area contributed by atoms with Crippen molar-refractivity contribution in [3.05, 3.63) is 23.2 Å². The van der Waals surface area contributed by atoms with E-state index in [1.165, 1.54) is 0 Å². The van der Waals surface area contributed by atoms with Crippen molar-refractivity contribution in [1.82, 2.24) is 15.0 Å². The second kappa shape index (κ2) is 3.00. The lowest BCUT2D eigenvalue weighted by molar-refractivity contribution is 0.828. The maximum absolute atomic E-state index is 6.01. The van der Waals surface area contributed by atoms with Crippen molar-refractivity contribution in [1.29, 1.82) is 0 Å². The summed E-state index contributed by atoms with van der Waals surface area (Å²) >= 11 is 6.01. The molecular formula is C9H10ClN3. The zero-order valence-corrected chi connectivity index (χ0v) is 8.26. The van der Waals surface area contributed by atoms with Crippen LogP contribution < -0.4 is 0 Å². The number of nitrogens with zero attached hydrogens (tertiary/aromatic N) is 2. The molecule has 3 nitrogen and oxygen atoms in total. The first kappa shape index (κ1) is 8.51. The topological polar surface area (TPSA) is 41.6 Å². The van der Waals surface area contributed by atoms with Gasteiger partial charge in [-0.05, 0) is 5.92 Å². The molecule has 0 aromatic carbocycles. The summed E-state index contributed by atoms with van der Waals surface area (Å²) in [5, 5.41) is 1.64. The van der Waals surface area contributed by atoms with Gasteiger partial charge < -0.3 is 4.98 Å². The predicted molar refractivity (Wildman–Crippen MR) is 53.0 cm³/mol. The van der Waals surface area contributed by atoms with Gasteiger partial charge in [-0.25, -0.2) is 9.97 Å². The van der Waals surface area contributed by atoms with Crippen molar-refractivity contribution < 1.29 is 0 Å². The molecule has 0 atom stereocenters. The largest absolute Gasteiger partial charge is 0.344 e. The van der Waals surface area contributed by atoms with Crippen molar-refractivity contribution in [3.8, 4) is 0 Å². The summed E-state index contributed by atoms with van der Waals surface area (Å²) in [5.41, 5.74) is 1.81. The normalized spacial score (nSPS) is 11.4. The van der Waals surface area contributed by atoms with Crippen LogP contribution in [-0.2, 0) is 0 Å². The number of nitrogens with one attached hydrogen (secondary N) is 1. The monoisotopic (exact) mass is 195 g/mol. The van der Waals surface area contributed by atoms with Crippen LogP contribution >= 0.6 is 11.6 Å². The molecule has 0 spiro atoms. The van der Waals surface area contributed by atoms with Crippen molar-refractivity contribution in [2.45, 2.75) is 19.8 Å². The van der Waals surface area contributed by atoms with Crippen LogP contribution in [0.2, 0.25) is 5.02 Å². The summed E-state index contributed by atoms with van der Waals surface area (Å²) in [7, 11) is 0. The minimum absolute atomic E-state index is 0.360. The Morgan fingerprint density at radius 2 is 2.15 bits per heavy atom. The number of fused-ring (bicyclic) bond motifs is 1. The van der Waals surface area contributed by atoms with Gasteiger partial charge in [0.2, 0.25) is 0 Å². The van der Waals surface area contributed by atoms with E-state index in [1.807, 2.05) is 0 Å². The van der Waals surface area contributed by atoms with Crippen LogP contribution in [0.1, 0.15) is 25.5 Å². The molecule has 68 valence electrons. The van der Waals surface area contributed by atoms with E-state index in [4.69, 9.17) is 11.6 Å². The molecule has 1 N–H and O–H groups in total. The second-order valence-corrected chi connectivity index (χ2v) is 3.68. The Labute approximate surface area is 81.2 Å². The van der Waals surface area contributed by atoms with E-state index in [0.717, 1.165) is 16.7 Å². The molecule has 2 heterocycles. The third kappa shape index (κ3) is 1.29. The molecule has 0 fully saturated rings. The van der Waals surface area contributed by atoms with Gasteiger partial charge in [-0.3, -0.25) is 0 Å².